The Balaban J connectivity index is 1.03. The summed E-state index contributed by atoms with van der Waals surface area (Å²) in [5.41, 5.74) is 9.19. The molecule has 0 amide bonds. The molecule has 0 bridgehead atoms. The molecule has 0 atom stereocenters. The molecule has 0 aliphatic heterocycles. The van der Waals surface area contributed by atoms with Crippen molar-refractivity contribution in [1.29, 1.82) is 0 Å². The Labute approximate surface area is 292 Å². The van der Waals surface area contributed by atoms with Crippen molar-refractivity contribution in [3.8, 4) is 33.4 Å². The lowest BCUT2D eigenvalue weighted by molar-refractivity contribution is 0.669. The van der Waals surface area contributed by atoms with Crippen LogP contribution in [-0.4, -0.2) is 0 Å². The molecule has 2 aromatic heterocycles. The number of furan rings is 1. The Bertz CT molecular complexity index is 3080. The van der Waals surface area contributed by atoms with Gasteiger partial charge in [0.15, 0.2) is 0 Å². The van der Waals surface area contributed by atoms with Gasteiger partial charge in [-0.15, -0.1) is 11.3 Å². The van der Waals surface area contributed by atoms with Crippen molar-refractivity contribution >= 4 is 85.8 Å². The highest BCUT2D eigenvalue weighted by Crippen LogP contribution is 2.45. The van der Waals surface area contributed by atoms with Crippen LogP contribution in [-0.2, 0) is 0 Å². The van der Waals surface area contributed by atoms with Crippen molar-refractivity contribution in [2.45, 2.75) is 0 Å². The lowest BCUT2D eigenvalue weighted by Gasteiger charge is -2.18. The maximum absolute atomic E-state index is 6.51. The first-order valence-corrected chi connectivity index (χ1v) is 17.9. The van der Waals surface area contributed by atoms with Gasteiger partial charge in [0.2, 0.25) is 0 Å². The van der Waals surface area contributed by atoms with Gasteiger partial charge in [-0.3, -0.25) is 0 Å². The number of hydrogen-bond acceptors (Lipinski definition) is 2. The standard InChI is InChI=1S/C48H28OS/c1-2-10-32-25-34(22-19-29(32)9-1)48-39-14-5-3-12-37(39)47(38-13-4-6-15-40(38)48)31-20-17-30(18-21-31)33-23-24-35-41-28-46-42(27-44(41)49-43(35)26-33)36-11-7-8-16-45(36)50-46/h1-28H. The summed E-state index contributed by atoms with van der Waals surface area (Å²) in [7, 11) is 0. The molecule has 2 heterocycles. The number of thiophene rings is 1. The van der Waals surface area contributed by atoms with Crippen LogP contribution >= 0.6 is 11.3 Å². The van der Waals surface area contributed by atoms with Crippen molar-refractivity contribution in [3.05, 3.63) is 170 Å². The zero-order valence-corrected chi connectivity index (χ0v) is 27.8. The van der Waals surface area contributed by atoms with Crippen LogP contribution in [0.4, 0.5) is 0 Å². The van der Waals surface area contributed by atoms with E-state index in [4.69, 9.17) is 4.42 Å². The predicted octanol–water partition coefficient (Wildman–Crippen LogP) is 14.4. The summed E-state index contributed by atoms with van der Waals surface area (Å²) in [6.07, 6.45) is 0. The molecular formula is C48H28OS. The summed E-state index contributed by atoms with van der Waals surface area (Å²) >= 11 is 1.85. The smallest absolute Gasteiger partial charge is 0.136 e. The second-order valence-corrected chi connectivity index (χ2v) is 14.3. The largest absolute Gasteiger partial charge is 0.456 e. The average molecular weight is 653 g/mol. The van der Waals surface area contributed by atoms with Crippen LogP contribution in [0.2, 0.25) is 0 Å². The zero-order valence-electron chi connectivity index (χ0n) is 27.0. The highest BCUT2D eigenvalue weighted by molar-refractivity contribution is 7.25. The minimum Gasteiger partial charge on any atom is -0.456 e. The molecule has 232 valence electrons. The molecular weight excluding hydrogens is 625 g/mol. The van der Waals surface area contributed by atoms with Crippen molar-refractivity contribution in [1.82, 2.24) is 0 Å². The van der Waals surface area contributed by atoms with E-state index in [1.165, 1.54) is 85.7 Å². The van der Waals surface area contributed by atoms with Gasteiger partial charge in [0, 0.05) is 30.9 Å². The first-order chi connectivity index (χ1) is 24.8. The molecule has 11 rings (SSSR count). The summed E-state index contributed by atoms with van der Waals surface area (Å²) < 4.78 is 9.12. The van der Waals surface area contributed by atoms with E-state index in [1.807, 2.05) is 11.3 Å². The summed E-state index contributed by atoms with van der Waals surface area (Å²) in [5, 5.41) is 12.5. The van der Waals surface area contributed by atoms with Gasteiger partial charge < -0.3 is 4.42 Å². The second kappa shape index (κ2) is 10.6. The van der Waals surface area contributed by atoms with Gasteiger partial charge in [-0.05, 0) is 102 Å². The molecule has 1 nitrogen and oxygen atoms in total. The Morgan fingerprint density at radius 1 is 0.300 bits per heavy atom. The van der Waals surface area contributed by atoms with Crippen molar-refractivity contribution in [2.75, 3.05) is 0 Å². The Kier molecular flexibility index (Phi) is 5.89. The SMILES string of the molecule is c1ccc2cc(-c3c4ccccc4c(-c4ccc(-c5ccc6c(c5)oc5cc7c(cc56)sc5ccccc57)cc4)c4ccccc34)ccc2c1. The highest BCUT2D eigenvalue weighted by atomic mass is 32.1. The highest BCUT2D eigenvalue weighted by Gasteiger charge is 2.17. The molecule has 0 aliphatic carbocycles. The van der Waals surface area contributed by atoms with E-state index in [0.717, 1.165) is 22.1 Å². The van der Waals surface area contributed by atoms with Crippen LogP contribution in [0.25, 0.3) is 108 Å². The van der Waals surface area contributed by atoms with Gasteiger partial charge >= 0.3 is 0 Å². The van der Waals surface area contributed by atoms with Gasteiger partial charge in [-0.25, -0.2) is 0 Å². The number of benzene rings is 9. The fourth-order valence-electron chi connectivity index (χ4n) is 8.10. The van der Waals surface area contributed by atoms with Gasteiger partial charge in [0.1, 0.15) is 11.2 Å². The lowest BCUT2D eigenvalue weighted by atomic mass is 9.85. The summed E-state index contributed by atoms with van der Waals surface area (Å²) in [4.78, 5) is 0. The maximum atomic E-state index is 6.51. The third kappa shape index (κ3) is 4.13. The number of hydrogen-bond donors (Lipinski definition) is 0. The van der Waals surface area contributed by atoms with E-state index >= 15 is 0 Å². The van der Waals surface area contributed by atoms with Crippen LogP contribution in [0.5, 0.6) is 0 Å². The molecule has 0 unspecified atom stereocenters. The minimum absolute atomic E-state index is 0.921. The molecule has 2 heteroatoms. The number of rotatable bonds is 3. The van der Waals surface area contributed by atoms with Crippen LogP contribution in [0, 0.1) is 0 Å². The Morgan fingerprint density at radius 2 is 0.860 bits per heavy atom. The first-order valence-electron chi connectivity index (χ1n) is 17.1. The monoisotopic (exact) mass is 652 g/mol. The maximum Gasteiger partial charge on any atom is 0.136 e. The fraction of sp³-hybridized carbons (Fsp3) is 0. The van der Waals surface area contributed by atoms with Crippen molar-refractivity contribution in [2.24, 2.45) is 0 Å². The van der Waals surface area contributed by atoms with Gasteiger partial charge in [0.05, 0.1) is 0 Å². The Hall–Kier alpha value is -6.22. The lowest BCUT2D eigenvalue weighted by Crippen LogP contribution is -1.91. The molecule has 0 saturated carbocycles. The second-order valence-electron chi connectivity index (χ2n) is 13.2. The van der Waals surface area contributed by atoms with Crippen LogP contribution < -0.4 is 0 Å². The van der Waals surface area contributed by atoms with Crippen LogP contribution in [0.3, 0.4) is 0 Å². The van der Waals surface area contributed by atoms with E-state index in [9.17, 15) is 0 Å². The molecule has 0 fully saturated rings. The van der Waals surface area contributed by atoms with E-state index in [1.54, 1.807) is 0 Å². The van der Waals surface area contributed by atoms with Gasteiger partial charge in [-0.2, -0.15) is 0 Å². The quantitative estimate of drug-likeness (QED) is 0.173. The molecule has 0 spiro atoms. The minimum atomic E-state index is 0.921. The first kappa shape index (κ1) is 27.7. The molecule has 9 aromatic carbocycles. The van der Waals surface area contributed by atoms with Crippen LogP contribution in [0.1, 0.15) is 0 Å². The summed E-state index contributed by atoms with van der Waals surface area (Å²) in [5.74, 6) is 0. The normalized spacial score (nSPS) is 12.0. The molecule has 0 aliphatic rings. The number of fused-ring (bicyclic) bond motifs is 9. The summed E-state index contributed by atoms with van der Waals surface area (Å²) in [6, 6.07) is 62.1. The van der Waals surface area contributed by atoms with Gasteiger partial charge in [0.25, 0.3) is 0 Å². The molecule has 0 saturated heterocycles. The van der Waals surface area contributed by atoms with E-state index in [-0.39, 0.29) is 0 Å². The van der Waals surface area contributed by atoms with Crippen LogP contribution in [0.15, 0.2) is 174 Å². The Morgan fingerprint density at radius 3 is 1.60 bits per heavy atom. The van der Waals surface area contributed by atoms with Crippen molar-refractivity contribution in [3.63, 3.8) is 0 Å². The van der Waals surface area contributed by atoms with E-state index < -0.39 is 0 Å². The topological polar surface area (TPSA) is 13.1 Å². The van der Waals surface area contributed by atoms with E-state index in [2.05, 4.69) is 170 Å². The molecule has 50 heavy (non-hydrogen) atoms. The van der Waals surface area contributed by atoms with Gasteiger partial charge in [-0.1, -0.05) is 133 Å². The molecule has 0 N–H and O–H groups in total. The summed E-state index contributed by atoms with van der Waals surface area (Å²) in [6.45, 7) is 0. The molecule has 0 radical (unpaired) electrons. The van der Waals surface area contributed by atoms with Crippen molar-refractivity contribution < 1.29 is 4.42 Å². The molecule has 11 aromatic rings. The zero-order chi connectivity index (χ0) is 32.8. The predicted molar refractivity (Wildman–Crippen MR) is 215 cm³/mol. The fourth-order valence-corrected chi connectivity index (χ4v) is 9.23. The average Bonchev–Trinajstić information content (AvgIpc) is 3.72. The third-order valence-electron chi connectivity index (χ3n) is 10.4. The third-order valence-corrected chi connectivity index (χ3v) is 11.6. The van der Waals surface area contributed by atoms with E-state index in [0.29, 0.717) is 0 Å².